The van der Waals surface area contributed by atoms with Crippen molar-refractivity contribution >= 4 is 21.4 Å². The molecule has 2 aliphatic rings. The van der Waals surface area contributed by atoms with E-state index in [1.165, 1.54) is 5.56 Å². The number of hydrogen-bond donors (Lipinski definition) is 2. The smallest absolute Gasteiger partial charge is 0.213 e. The Morgan fingerprint density at radius 1 is 1.29 bits per heavy atom. The minimum absolute atomic E-state index is 0.0168. The summed E-state index contributed by atoms with van der Waals surface area (Å²) < 4.78 is 34.4. The van der Waals surface area contributed by atoms with E-state index in [0.717, 1.165) is 58.9 Å². The Labute approximate surface area is 228 Å². The Morgan fingerprint density at radius 3 is 2.87 bits per heavy atom. The van der Waals surface area contributed by atoms with Crippen LogP contribution in [0.15, 0.2) is 42.6 Å². The van der Waals surface area contributed by atoms with E-state index >= 15 is 0 Å². The van der Waals surface area contributed by atoms with Gasteiger partial charge in [-0.15, -0.1) is 11.3 Å². The first-order chi connectivity index (χ1) is 18.2. The molecule has 1 aromatic heterocycles. The molecular formula is C28H33N5O3S2. The molecule has 2 atom stereocenters. The van der Waals surface area contributed by atoms with Gasteiger partial charge in [-0.1, -0.05) is 18.2 Å². The van der Waals surface area contributed by atoms with Crippen LogP contribution >= 0.6 is 11.3 Å². The molecule has 1 aliphatic heterocycles. The summed E-state index contributed by atoms with van der Waals surface area (Å²) in [5.74, 6) is 0.649. The molecule has 8 nitrogen and oxygen atoms in total. The minimum Gasteiger partial charge on any atom is -0.490 e. The third-order valence-corrected chi connectivity index (χ3v) is 9.50. The number of nitrogens with two attached hydrogens (primary N) is 1. The van der Waals surface area contributed by atoms with Crippen molar-refractivity contribution in [2.24, 2.45) is 5.73 Å². The summed E-state index contributed by atoms with van der Waals surface area (Å²) in [6, 6.07) is 13.8. The van der Waals surface area contributed by atoms with Gasteiger partial charge < -0.3 is 15.4 Å². The summed E-state index contributed by atoms with van der Waals surface area (Å²) in [6.07, 6.45) is 4.29. The summed E-state index contributed by atoms with van der Waals surface area (Å²) in [4.78, 5) is 7.78. The van der Waals surface area contributed by atoms with Gasteiger partial charge in [0.15, 0.2) is 0 Å². The van der Waals surface area contributed by atoms with Crippen LogP contribution in [0.25, 0.3) is 21.0 Å². The van der Waals surface area contributed by atoms with Crippen molar-refractivity contribution in [3.63, 3.8) is 0 Å². The zero-order chi connectivity index (χ0) is 26.9. The molecule has 1 saturated heterocycles. The fourth-order valence-corrected chi connectivity index (χ4v) is 7.50. The Morgan fingerprint density at radius 2 is 2.13 bits per heavy atom. The minimum atomic E-state index is -3.42. The lowest BCUT2D eigenvalue weighted by Gasteiger charge is -2.18. The van der Waals surface area contributed by atoms with Crippen LogP contribution < -0.4 is 15.2 Å². The summed E-state index contributed by atoms with van der Waals surface area (Å²) in [5, 5.41) is 10.4. The van der Waals surface area contributed by atoms with Crippen LogP contribution in [0.3, 0.4) is 0 Å². The highest BCUT2D eigenvalue weighted by atomic mass is 32.2. The largest absolute Gasteiger partial charge is 0.490 e. The molecule has 5 rings (SSSR count). The molecule has 0 bridgehead atoms. The zero-order valence-electron chi connectivity index (χ0n) is 21.7. The van der Waals surface area contributed by atoms with E-state index in [2.05, 4.69) is 26.7 Å². The maximum atomic E-state index is 12.9. The van der Waals surface area contributed by atoms with Crippen molar-refractivity contribution in [3.8, 4) is 32.8 Å². The summed E-state index contributed by atoms with van der Waals surface area (Å²) in [6.45, 7) is 5.98. The normalized spacial score (nSPS) is 19.6. The topological polar surface area (TPSA) is 121 Å². The molecule has 2 aromatic carbocycles. The molecule has 0 unspecified atom stereocenters. The SMILES string of the molecule is CC(C)Oc1ccc(-c2ncc(-c3cccc4c3CC[C@H]4NS(=O)(=O)CCN3CC[C@@H](N)C3)s2)cc1C#N. The lowest BCUT2D eigenvalue weighted by molar-refractivity contribution is 0.242. The molecule has 0 radical (unpaired) electrons. The molecule has 1 fully saturated rings. The van der Waals surface area contributed by atoms with Crippen LogP contribution in [0.2, 0.25) is 0 Å². The first-order valence-electron chi connectivity index (χ1n) is 13.0. The number of nitriles is 1. The van der Waals surface area contributed by atoms with Gasteiger partial charge in [0.05, 0.1) is 22.3 Å². The number of nitrogens with one attached hydrogen (secondary N) is 1. The maximum Gasteiger partial charge on any atom is 0.213 e. The van der Waals surface area contributed by atoms with Crippen molar-refractivity contribution in [3.05, 3.63) is 59.3 Å². The Kier molecular flexibility index (Phi) is 7.84. The molecular weight excluding hydrogens is 518 g/mol. The predicted octanol–water partition coefficient (Wildman–Crippen LogP) is 4.08. The Balaban J connectivity index is 1.32. The number of rotatable bonds is 9. The highest BCUT2D eigenvalue weighted by Crippen LogP contribution is 2.41. The van der Waals surface area contributed by atoms with E-state index in [-0.39, 0.29) is 23.9 Å². The Bertz CT molecular complexity index is 1460. The van der Waals surface area contributed by atoms with Crippen molar-refractivity contribution in [1.29, 1.82) is 5.26 Å². The van der Waals surface area contributed by atoms with Crippen molar-refractivity contribution in [1.82, 2.24) is 14.6 Å². The first-order valence-corrected chi connectivity index (χ1v) is 15.5. The molecule has 3 aromatic rings. The number of hydrogen-bond acceptors (Lipinski definition) is 8. The van der Waals surface area contributed by atoms with E-state index in [4.69, 9.17) is 10.5 Å². The van der Waals surface area contributed by atoms with Crippen LogP contribution in [0.5, 0.6) is 5.75 Å². The lowest BCUT2D eigenvalue weighted by atomic mass is 10.0. The number of nitrogens with zero attached hydrogens (tertiary/aromatic N) is 3. The second kappa shape index (κ2) is 11.1. The van der Waals surface area contributed by atoms with E-state index < -0.39 is 10.0 Å². The fraction of sp³-hybridized carbons (Fsp3) is 0.429. The molecule has 38 heavy (non-hydrogen) atoms. The van der Waals surface area contributed by atoms with Gasteiger partial charge in [0.25, 0.3) is 0 Å². The van der Waals surface area contributed by atoms with Crippen LogP contribution in [0.1, 0.15) is 49.4 Å². The van der Waals surface area contributed by atoms with Gasteiger partial charge in [-0.05, 0) is 74.5 Å². The maximum absolute atomic E-state index is 12.9. The van der Waals surface area contributed by atoms with Gasteiger partial charge in [-0.25, -0.2) is 18.1 Å². The van der Waals surface area contributed by atoms with Crippen molar-refractivity contribution < 1.29 is 13.2 Å². The summed E-state index contributed by atoms with van der Waals surface area (Å²) >= 11 is 1.57. The van der Waals surface area contributed by atoms with E-state index in [9.17, 15) is 13.7 Å². The third kappa shape index (κ3) is 5.92. The second-order valence-electron chi connectivity index (χ2n) is 10.3. The van der Waals surface area contributed by atoms with Crippen LogP contribution in [0, 0.1) is 11.3 Å². The van der Waals surface area contributed by atoms with Gasteiger partial charge in [-0.3, -0.25) is 0 Å². The average molecular weight is 552 g/mol. The number of aromatic nitrogens is 1. The van der Waals surface area contributed by atoms with Crippen molar-refractivity contribution in [2.45, 2.75) is 51.3 Å². The molecule has 2 heterocycles. The average Bonchev–Trinajstić information content (AvgIpc) is 3.63. The van der Waals surface area contributed by atoms with Gasteiger partial charge >= 0.3 is 0 Å². The van der Waals surface area contributed by atoms with Crippen LogP contribution in [-0.4, -0.2) is 55.8 Å². The van der Waals surface area contributed by atoms with Gasteiger partial charge in [0.2, 0.25) is 10.0 Å². The number of benzene rings is 2. The quantitative estimate of drug-likeness (QED) is 0.411. The standard InChI is InChI=1S/C28H33N5O3S2/c1-18(2)36-26-9-6-19(14-20(26)15-29)28-31-16-27(37-28)24-5-3-4-23-22(24)7-8-25(23)32-38(34,35)13-12-33-11-10-21(30)17-33/h3-6,9,14,16,18,21,25,32H,7-8,10-13,17,30H2,1-2H3/t21-,25-/m1/s1. The molecule has 10 heteroatoms. The van der Waals surface area contributed by atoms with Gasteiger partial charge in [0, 0.05) is 36.9 Å². The van der Waals surface area contributed by atoms with E-state index in [1.807, 2.05) is 50.4 Å². The van der Waals surface area contributed by atoms with Crippen LogP contribution in [-0.2, 0) is 16.4 Å². The first kappa shape index (κ1) is 26.8. The van der Waals surface area contributed by atoms with Gasteiger partial charge in [0.1, 0.15) is 16.8 Å². The fourth-order valence-electron chi connectivity index (χ4n) is 5.24. The summed E-state index contributed by atoms with van der Waals surface area (Å²) in [5.41, 5.74) is 10.6. The monoisotopic (exact) mass is 551 g/mol. The molecule has 1 aliphatic carbocycles. The molecule has 0 amide bonds. The molecule has 3 N–H and O–H groups in total. The highest BCUT2D eigenvalue weighted by molar-refractivity contribution is 7.89. The lowest BCUT2D eigenvalue weighted by Crippen LogP contribution is -2.36. The van der Waals surface area contributed by atoms with Crippen molar-refractivity contribution in [2.75, 3.05) is 25.4 Å². The number of thiazole rings is 1. The number of ether oxygens (including phenoxy) is 1. The molecule has 0 saturated carbocycles. The zero-order valence-corrected chi connectivity index (χ0v) is 23.3. The van der Waals surface area contributed by atoms with E-state index in [0.29, 0.717) is 17.9 Å². The van der Waals surface area contributed by atoms with E-state index in [1.54, 1.807) is 11.3 Å². The van der Waals surface area contributed by atoms with Crippen LogP contribution in [0.4, 0.5) is 0 Å². The number of likely N-dealkylation sites (tertiary alicyclic amines) is 1. The van der Waals surface area contributed by atoms with Gasteiger partial charge in [-0.2, -0.15) is 5.26 Å². The highest BCUT2D eigenvalue weighted by Gasteiger charge is 2.29. The molecule has 0 spiro atoms. The Hall–Kier alpha value is -2.81. The second-order valence-corrected chi connectivity index (χ2v) is 13.2. The summed E-state index contributed by atoms with van der Waals surface area (Å²) in [7, 11) is -3.42. The molecule has 200 valence electrons. The predicted molar refractivity (Wildman–Crippen MR) is 150 cm³/mol. The number of sulfonamides is 1. The third-order valence-electron chi connectivity index (χ3n) is 7.06. The number of fused-ring (bicyclic) bond motifs is 1.